The molecule has 5 rings (SSSR count). The first-order chi connectivity index (χ1) is 18.8. The summed E-state index contributed by atoms with van der Waals surface area (Å²) in [6.45, 7) is 0.737. The third-order valence-electron chi connectivity index (χ3n) is 6.58. The number of carbonyl (C=O) groups excluding carboxylic acids is 3. The third-order valence-corrected chi connectivity index (χ3v) is 7.52. The average Bonchev–Trinajstić information content (AvgIpc) is 3.71. The number of likely N-dealkylation sites (tertiary alicyclic amines) is 1. The van der Waals surface area contributed by atoms with Crippen molar-refractivity contribution in [2.45, 2.75) is 24.8 Å². The minimum atomic E-state index is -1.04. The van der Waals surface area contributed by atoms with Gasteiger partial charge < -0.3 is 30.7 Å². The number of amidine groups is 1. The fourth-order valence-electron chi connectivity index (χ4n) is 4.63. The van der Waals surface area contributed by atoms with Crippen LogP contribution in [-0.2, 0) is 25.6 Å². The highest BCUT2D eigenvalue weighted by atomic mass is 32.1. The molecule has 0 bridgehead atoms. The van der Waals surface area contributed by atoms with E-state index in [1.165, 1.54) is 16.2 Å². The highest BCUT2D eigenvalue weighted by molar-refractivity contribution is 7.10. The van der Waals surface area contributed by atoms with Crippen LogP contribution < -0.4 is 16.4 Å². The van der Waals surface area contributed by atoms with Crippen LogP contribution in [0.3, 0.4) is 0 Å². The number of aromatic nitrogens is 1. The predicted molar refractivity (Wildman–Crippen MR) is 144 cm³/mol. The van der Waals surface area contributed by atoms with Crippen LogP contribution in [0.15, 0.2) is 60.0 Å². The Labute approximate surface area is 228 Å². The molecule has 4 heterocycles. The number of nitrogen functional groups attached to an aromatic ring is 1. The molecule has 2 fully saturated rings. The minimum Gasteiger partial charge on any atom is -0.384 e. The van der Waals surface area contributed by atoms with Crippen molar-refractivity contribution in [2.75, 3.05) is 26.3 Å². The van der Waals surface area contributed by atoms with Crippen LogP contribution in [0.5, 0.6) is 0 Å². The van der Waals surface area contributed by atoms with Crippen LogP contribution >= 0.6 is 11.3 Å². The summed E-state index contributed by atoms with van der Waals surface area (Å²) in [5.41, 5.74) is 7.80. The second-order valence-corrected chi connectivity index (χ2v) is 10.2. The summed E-state index contributed by atoms with van der Waals surface area (Å²) in [5, 5.41) is 14.8. The van der Waals surface area contributed by atoms with Gasteiger partial charge in [-0.3, -0.25) is 19.8 Å². The summed E-state index contributed by atoms with van der Waals surface area (Å²) in [6, 6.07) is 15.5. The number of pyridine rings is 1. The lowest BCUT2D eigenvalue weighted by Crippen LogP contribution is -2.49. The van der Waals surface area contributed by atoms with Gasteiger partial charge in [-0.25, -0.2) is 4.98 Å². The summed E-state index contributed by atoms with van der Waals surface area (Å²) in [6.07, 6.45) is 0.183. The monoisotopic (exact) mass is 548 g/mol. The average molecular weight is 549 g/mol. The Morgan fingerprint density at radius 2 is 1.87 bits per heavy atom. The largest absolute Gasteiger partial charge is 0.384 e. The summed E-state index contributed by atoms with van der Waals surface area (Å²) >= 11 is 1.38. The van der Waals surface area contributed by atoms with Crippen molar-refractivity contribution in [3.05, 3.63) is 76.1 Å². The van der Waals surface area contributed by atoms with Crippen molar-refractivity contribution in [3.8, 4) is 11.3 Å². The molecule has 0 aliphatic carbocycles. The van der Waals surface area contributed by atoms with Crippen LogP contribution in [0.1, 0.15) is 27.3 Å². The molecule has 0 radical (unpaired) electrons. The number of rotatable bonds is 8. The number of hydrogen-bond donors (Lipinski definition) is 4. The van der Waals surface area contributed by atoms with Gasteiger partial charge in [0.1, 0.15) is 17.6 Å². The summed E-state index contributed by atoms with van der Waals surface area (Å²) in [7, 11) is 0. The Hall–Kier alpha value is -4.13. The van der Waals surface area contributed by atoms with Gasteiger partial charge in [-0.2, -0.15) is 0 Å². The lowest BCUT2D eigenvalue weighted by atomic mass is 10.1. The maximum absolute atomic E-state index is 13.2. The molecule has 12 heteroatoms. The van der Waals surface area contributed by atoms with E-state index in [9.17, 15) is 14.4 Å². The Morgan fingerprint density at radius 1 is 1.10 bits per heavy atom. The number of thiophene rings is 1. The standard InChI is InChI=1S/C27H28N6O5S/c28-24(29)18-11-19(39-15-18)13-30-26(36)22-12-27(37-9-10-38-27)16-33(22)23(34)14-31-25(35)21-8-4-7-20(32-21)17-5-2-1-3-6-17/h1-8,11,15,22H,9-10,12-14,16H2,(H3,28,29)(H,30,36)(H,31,35)/t22-/m0/s1. The molecule has 2 aliphatic heterocycles. The van der Waals surface area contributed by atoms with Gasteiger partial charge in [0.05, 0.1) is 38.5 Å². The molecular formula is C27H28N6O5S. The molecular weight excluding hydrogens is 520 g/mol. The van der Waals surface area contributed by atoms with Crippen LogP contribution in [0.25, 0.3) is 11.3 Å². The second-order valence-electron chi connectivity index (χ2n) is 9.24. The van der Waals surface area contributed by atoms with Crippen molar-refractivity contribution in [1.82, 2.24) is 20.5 Å². The van der Waals surface area contributed by atoms with E-state index in [0.29, 0.717) is 24.5 Å². The molecule has 2 aromatic heterocycles. The smallest absolute Gasteiger partial charge is 0.270 e. The van der Waals surface area contributed by atoms with Gasteiger partial charge >= 0.3 is 0 Å². The molecule has 2 saturated heterocycles. The van der Waals surface area contributed by atoms with Crippen molar-refractivity contribution >= 4 is 34.9 Å². The third kappa shape index (κ3) is 5.98. The number of benzene rings is 1. The van der Waals surface area contributed by atoms with Gasteiger partial charge in [0, 0.05) is 27.8 Å². The van der Waals surface area contributed by atoms with E-state index < -0.39 is 23.6 Å². The predicted octanol–water partition coefficient (Wildman–Crippen LogP) is 1.48. The Morgan fingerprint density at radius 3 is 2.59 bits per heavy atom. The van der Waals surface area contributed by atoms with Gasteiger partial charge in [0.15, 0.2) is 5.79 Å². The number of amides is 3. The highest BCUT2D eigenvalue weighted by Gasteiger charge is 2.52. The van der Waals surface area contributed by atoms with Crippen molar-refractivity contribution in [2.24, 2.45) is 5.73 Å². The van der Waals surface area contributed by atoms with Gasteiger partial charge in [-0.1, -0.05) is 36.4 Å². The Bertz CT molecular complexity index is 1390. The molecule has 1 aromatic carbocycles. The number of hydrogen-bond acceptors (Lipinski definition) is 8. The molecule has 1 atom stereocenters. The summed E-state index contributed by atoms with van der Waals surface area (Å²) in [4.78, 5) is 45.9. The van der Waals surface area contributed by atoms with Gasteiger partial charge in [-0.15, -0.1) is 11.3 Å². The van der Waals surface area contributed by atoms with Gasteiger partial charge in [-0.05, 0) is 18.2 Å². The topological polar surface area (TPSA) is 160 Å². The Kier molecular flexibility index (Phi) is 7.68. The maximum Gasteiger partial charge on any atom is 0.270 e. The number of carbonyl (C=O) groups is 3. The Balaban J connectivity index is 1.23. The van der Waals surface area contributed by atoms with E-state index in [1.54, 1.807) is 23.6 Å². The molecule has 1 spiro atoms. The van der Waals surface area contributed by atoms with Crippen LogP contribution in [0.2, 0.25) is 0 Å². The lowest BCUT2D eigenvalue weighted by molar-refractivity contribution is -0.152. The SMILES string of the molecule is N=C(N)c1csc(CNC(=O)[C@@H]2CC3(CN2C(=O)CNC(=O)c2cccc(-c4ccccc4)n2)OCCO3)c1. The quantitative estimate of drug-likeness (QED) is 0.245. The van der Waals surface area contributed by atoms with E-state index in [1.807, 2.05) is 36.4 Å². The van der Waals surface area contributed by atoms with Crippen LogP contribution in [-0.4, -0.2) is 71.6 Å². The number of nitrogens with two attached hydrogens (primary N) is 1. The van der Waals surface area contributed by atoms with E-state index in [4.69, 9.17) is 20.6 Å². The molecule has 0 saturated carbocycles. The molecule has 3 aromatic rings. The van der Waals surface area contributed by atoms with E-state index in [0.717, 1.165) is 10.4 Å². The summed E-state index contributed by atoms with van der Waals surface area (Å²) < 4.78 is 11.6. The van der Waals surface area contributed by atoms with E-state index in [-0.39, 0.29) is 43.5 Å². The summed E-state index contributed by atoms with van der Waals surface area (Å²) in [5.74, 6) is -2.38. The highest BCUT2D eigenvalue weighted by Crippen LogP contribution is 2.35. The van der Waals surface area contributed by atoms with Crippen LogP contribution in [0.4, 0.5) is 0 Å². The first kappa shape index (κ1) is 26.5. The van der Waals surface area contributed by atoms with Gasteiger partial charge in [0.25, 0.3) is 5.91 Å². The molecule has 5 N–H and O–H groups in total. The van der Waals surface area contributed by atoms with E-state index in [2.05, 4.69) is 15.6 Å². The molecule has 2 aliphatic rings. The second kappa shape index (κ2) is 11.3. The van der Waals surface area contributed by atoms with E-state index >= 15 is 0 Å². The molecule has 202 valence electrons. The number of nitrogens with zero attached hydrogens (tertiary/aromatic N) is 2. The van der Waals surface area contributed by atoms with Gasteiger partial charge in [0.2, 0.25) is 11.8 Å². The zero-order valence-electron chi connectivity index (χ0n) is 21.0. The normalized spacial score (nSPS) is 17.7. The fourth-order valence-corrected chi connectivity index (χ4v) is 5.45. The zero-order chi connectivity index (χ0) is 27.4. The minimum absolute atomic E-state index is 0.0436. The first-order valence-electron chi connectivity index (χ1n) is 12.4. The van der Waals surface area contributed by atoms with Crippen LogP contribution in [0, 0.1) is 5.41 Å². The molecule has 3 amide bonds. The van der Waals surface area contributed by atoms with Crippen molar-refractivity contribution in [1.29, 1.82) is 5.41 Å². The number of nitrogens with one attached hydrogen (secondary N) is 3. The van der Waals surface area contributed by atoms with Crippen molar-refractivity contribution < 1.29 is 23.9 Å². The fraction of sp³-hybridized carbons (Fsp3) is 0.296. The molecule has 0 unspecified atom stereocenters. The van der Waals surface area contributed by atoms with Crippen molar-refractivity contribution in [3.63, 3.8) is 0 Å². The lowest BCUT2D eigenvalue weighted by Gasteiger charge is -2.24. The maximum atomic E-state index is 13.2. The first-order valence-corrected chi connectivity index (χ1v) is 13.3. The molecule has 39 heavy (non-hydrogen) atoms. The molecule has 11 nitrogen and oxygen atoms in total. The zero-order valence-corrected chi connectivity index (χ0v) is 21.8. The number of ether oxygens (including phenoxy) is 2.